The van der Waals surface area contributed by atoms with Crippen LogP contribution in [0.2, 0.25) is 0 Å². The fourth-order valence-electron chi connectivity index (χ4n) is 4.23. The Morgan fingerprint density at radius 1 is 1.17 bits per heavy atom. The first-order valence-corrected chi connectivity index (χ1v) is 11.4. The molecule has 11 nitrogen and oxygen atoms in total. The normalized spacial score (nSPS) is 17.7. The topological polar surface area (TPSA) is 132 Å². The van der Waals surface area contributed by atoms with Crippen LogP contribution < -0.4 is 20.4 Å². The number of nitrogens with zero attached hydrogens (tertiary/aromatic N) is 7. The Balaban J connectivity index is 1.43. The Morgan fingerprint density at radius 2 is 1.97 bits per heavy atom. The van der Waals surface area contributed by atoms with Crippen LogP contribution in [0.25, 0.3) is 10.9 Å². The zero-order valence-electron chi connectivity index (χ0n) is 19.1. The number of hydrogen-bond acceptors (Lipinski definition) is 10. The van der Waals surface area contributed by atoms with E-state index < -0.39 is 0 Å². The SMILES string of the molecule is C=CC(=O)Nc1ccc2c(N3CCC(Nc4ncc(C#N)cn4)C3)nc(N3CCOCC3)nc2c1. The number of amides is 1. The third-order valence-corrected chi connectivity index (χ3v) is 6.01. The molecule has 5 rings (SSSR count). The first-order valence-electron chi connectivity index (χ1n) is 11.4. The van der Waals surface area contributed by atoms with E-state index in [1.165, 1.54) is 18.5 Å². The van der Waals surface area contributed by atoms with Crippen molar-refractivity contribution in [1.29, 1.82) is 5.26 Å². The second kappa shape index (κ2) is 9.90. The summed E-state index contributed by atoms with van der Waals surface area (Å²) in [7, 11) is 0. The van der Waals surface area contributed by atoms with Crippen molar-refractivity contribution in [2.75, 3.05) is 59.8 Å². The summed E-state index contributed by atoms with van der Waals surface area (Å²) in [6.45, 7) is 7.74. The molecule has 2 aliphatic heterocycles. The number of nitrogens with one attached hydrogen (secondary N) is 2. The molecular formula is C24H25N9O2. The van der Waals surface area contributed by atoms with Gasteiger partial charge in [0.1, 0.15) is 11.9 Å². The Morgan fingerprint density at radius 3 is 2.71 bits per heavy atom. The highest BCUT2D eigenvalue weighted by atomic mass is 16.5. The molecule has 178 valence electrons. The highest BCUT2D eigenvalue weighted by molar-refractivity contribution is 6.01. The fourth-order valence-corrected chi connectivity index (χ4v) is 4.23. The quantitative estimate of drug-likeness (QED) is 0.514. The minimum absolute atomic E-state index is 0.131. The average Bonchev–Trinajstić information content (AvgIpc) is 3.37. The molecule has 0 bridgehead atoms. The van der Waals surface area contributed by atoms with E-state index in [0.29, 0.717) is 42.9 Å². The predicted octanol–water partition coefficient (Wildman–Crippen LogP) is 1.94. The summed E-state index contributed by atoms with van der Waals surface area (Å²) in [5.74, 6) is 1.73. The monoisotopic (exact) mass is 471 g/mol. The average molecular weight is 472 g/mol. The van der Waals surface area contributed by atoms with E-state index in [0.717, 1.165) is 42.8 Å². The number of morpholine rings is 1. The van der Waals surface area contributed by atoms with Gasteiger partial charge in [-0.2, -0.15) is 10.2 Å². The highest BCUT2D eigenvalue weighted by Crippen LogP contribution is 2.31. The molecule has 0 saturated carbocycles. The summed E-state index contributed by atoms with van der Waals surface area (Å²) in [6.07, 6.45) is 5.15. The molecule has 0 radical (unpaired) electrons. The summed E-state index contributed by atoms with van der Waals surface area (Å²) < 4.78 is 5.50. The maximum Gasteiger partial charge on any atom is 0.247 e. The molecule has 4 heterocycles. The number of rotatable bonds is 6. The van der Waals surface area contributed by atoms with Crippen LogP contribution in [0.1, 0.15) is 12.0 Å². The van der Waals surface area contributed by atoms with Crippen molar-refractivity contribution in [3.05, 3.63) is 48.8 Å². The molecule has 1 amide bonds. The third-order valence-electron chi connectivity index (χ3n) is 6.01. The summed E-state index contributed by atoms with van der Waals surface area (Å²) >= 11 is 0. The number of carbonyl (C=O) groups is 1. The number of anilines is 4. The van der Waals surface area contributed by atoms with Gasteiger partial charge < -0.3 is 25.2 Å². The summed E-state index contributed by atoms with van der Waals surface area (Å²) in [4.78, 5) is 34.4. The number of nitriles is 1. The van der Waals surface area contributed by atoms with E-state index >= 15 is 0 Å². The van der Waals surface area contributed by atoms with Gasteiger partial charge in [0.15, 0.2) is 0 Å². The lowest BCUT2D eigenvalue weighted by Gasteiger charge is -2.28. The van der Waals surface area contributed by atoms with Gasteiger partial charge in [0, 0.05) is 43.3 Å². The van der Waals surface area contributed by atoms with Gasteiger partial charge in [0.2, 0.25) is 17.8 Å². The second-order valence-electron chi connectivity index (χ2n) is 8.36. The number of ether oxygens (including phenoxy) is 1. The molecule has 2 fully saturated rings. The van der Waals surface area contributed by atoms with Gasteiger partial charge in [-0.3, -0.25) is 4.79 Å². The summed E-state index contributed by atoms with van der Waals surface area (Å²) in [6, 6.07) is 7.81. The minimum atomic E-state index is -0.273. The Kier molecular flexibility index (Phi) is 6.36. The van der Waals surface area contributed by atoms with Gasteiger partial charge in [0.25, 0.3) is 0 Å². The van der Waals surface area contributed by atoms with Crippen LogP contribution in [0.4, 0.5) is 23.4 Å². The minimum Gasteiger partial charge on any atom is -0.378 e. The van der Waals surface area contributed by atoms with Crippen LogP contribution in [-0.4, -0.2) is 71.3 Å². The number of hydrogen-bond donors (Lipinski definition) is 2. The molecule has 2 aliphatic rings. The van der Waals surface area contributed by atoms with E-state index in [1.54, 1.807) is 0 Å². The molecule has 2 aromatic heterocycles. The van der Waals surface area contributed by atoms with Gasteiger partial charge in [-0.15, -0.1) is 0 Å². The zero-order chi connectivity index (χ0) is 24.2. The zero-order valence-corrected chi connectivity index (χ0v) is 19.1. The van der Waals surface area contributed by atoms with Gasteiger partial charge in [0.05, 0.1) is 36.7 Å². The smallest absolute Gasteiger partial charge is 0.247 e. The van der Waals surface area contributed by atoms with Gasteiger partial charge in [-0.1, -0.05) is 6.58 Å². The number of aromatic nitrogens is 4. The van der Waals surface area contributed by atoms with Crippen LogP contribution in [0.5, 0.6) is 0 Å². The van der Waals surface area contributed by atoms with Crippen molar-refractivity contribution >= 4 is 40.2 Å². The summed E-state index contributed by atoms with van der Waals surface area (Å²) in [5.41, 5.74) is 1.83. The maximum atomic E-state index is 11.8. The molecular weight excluding hydrogens is 446 g/mol. The second-order valence-corrected chi connectivity index (χ2v) is 8.36. The molecule has 1 unspecified atom stereocenters. The van der Waals surface area contributed by atoms with Crippen molar-refractivity contribution < 1.29 is 9.53 Å². The highest BCUT2D eigenvalue weighted by Gasteiger charge is 2.27. The van der Waals surface area contributed by atoms with Crippen molar-refractivity contribution in [1.82, 2.24) is 19.9 Å². The van der Waals surface area contributed by atoms with E-state index in [1.807, 2.05) is 24.3 Å². The van der Waals surface area contributed by atoms with Gasteiger partial charge in [-0.25, -0.2) is 15.0 Å². The van der Waals surface area contributed by atoms with Crippen molar-refractivity contribution in [3.8, 4) is 6.07 Å². The van der Waals surface area contributed by atoms with Crippen LogP contribution in [0.3, 0.4) is 0 Å². The summed E-state index contributed by atoms with van der Waals surface area (Å²) in [5, 5.41) is 16.0. The molecule has 1 atom stereocenters. The van der Waals surface area contributed by atoms with E-state index in [9.17, 15) is 4.79 Å². The lowest BCUT2D eigenvalue weighted by Crippen LogP contribution is -2.37. The molecule has 0 spiro atoms. The Bertz CT molecular complexity index is 1280. The molecule has 1 aromatic carbocycles. The van der Waals surface area contributed by atoms with Crippen LogP contribution in [0.15, 0.2) is 43.2 Å². The number of benzene rings is 1. The van der Waals surface area contributed by atoms with Gasteiger partial charge in [-0.05, 0) is 30.7 Å². The van der Waals surface area contributed by atoms with Crippen molar-refractivity contribution in [2.24, 2.45) is 0 Å². The number of carbonyl (C=O) groups excluding carboxylic acids is 1. The molecule has 11 heteroatoms. The maximum absolute atomic E-state index is 11.8. The standard InChI is InChI=1S/C24H25N9O2/c1-2-21(34)28-17-3-4-19-20(11-17)30-24(32-7-9-35-10-8-32)31-22(19)33-6-5-18(15-33)29-23-26-13-16(12-25)14-27-23/h2-4,11,13-14,18H,1,5-10,15H2,(H,28,34)(H,26,27,29). The first-order chi connectivity index (χ1) is 17.1. The Labute approximate surface area is 202 Å². The largest absolute Gasteiger partial charge is 0.378 e. The predicted molar refractivity (Wildman–Crippen MR) is 132 cm³/mol. The van der Waals surface area contributed by atoms with Crippen molar-refractivity contribution in [3.63, 3.8) is 0 Å². The molecule has 0 aliphatic carbocycles. The van der Waals surface area contributed by atoms with E-state index in [2.05, 4.69) is 37.0 Å². The van der Waals surface area contributed by atoms with Crippen LogP contribution in [0, 0.1) is 11.3 Å². The first kappa shape index (κ1) is 22.5. The fraction of sp³-hybridized carbons (Fsp3) is 0.333. The molecule has 35 heavy (non-hydrogen) atoms. The molecule has 3 aromatic rings. The Hall–Kier alpha value is -4.30. The molecule has 2 saturated heterocycles. The van der Waals surface area contributed by atoms with E-state index in [4.69, 9.17) is 20.0 Å². The van der Waals surface area contributed by atoms with Crippen molar-refractivity contribution in [2.45, 2.75) is 12.5 Å². The number of fused-ring (bicyclic) bond motifs is 1. The molecule has 2 N–H and O–H groups in total. The van der Waals surface area contributed by atoms with Crippen LogP contribution >= 0.6 is 0 Å². The lowest BCUT2D eigenvalue weighted by atomic mass is 10.2. The van der Waals surface area contributed by atoms with Gasteiger partial charge >= 0.3 is 0 Å². The third kappa shape index (κ3) is 4.97. The lowest BCUT2D eigenvalue weighted by molar-refractivity contribution is -0.111. The van der Waals surface area contributed by atoms with E-state index in [-0.39, 0.29) is 11.9 Å². The van der Waals surface area contributed by atoms with Crippen LogP contribution in [-0.2, 0) is 9.53 Å².